The van der Waals surface area contributed by atoms with Crippen molar-refractivity contribution in [2.75, 3.05) is 6.61 Å². The molecule has 1 heterocycles. The number of carbonyl (C=O) groups excluding carboxylic acids is 1. The summed E-state index contributed by atoms with van der Waals surface area (Å²) in [5.74, 6) is -0.337. The van der Waals surface area contributed by atoms with Crippen molar-refractivity contribution in [1.82, 2.24) is 0 Å². The Morgan fingerprint density at radius 3 is 2.40 bits per heavy atom. The van der Waals surface area contributed by atoms with Crippen molar-refractivity contribution in [3.8, 4) is 0 Å². The summed E-state index contributed by atoms with van der Waals surface area (Å²) < 4.78 is 4.59. The van der Waals surface area contributed by atoms with Crippen LogP contribution in [-0.2, 0) is 9.53 Å². The zero-order valence-electron chi connectivity index (χ0n) is 5.96. The molecular weight excluding hydrogens is 143 g/mol. The average Bonchev–Trinajstić information content (AvgIpc) is 1.77. The van der Waals surface area contributed by atoms with Gasteiger partial charge in [-0.25, -0.2) is 0 Å². The predicted molar refractivity (Wildman–Crippen MR) is 29.9 cm³/mol. The Morgan fingerprint density at radius 2 is 2.10 bits per heavy atom. The van der Waals surface area contributed by atoms with Crippen molar-refractivity contribution in [2.24, 2.45) is 0 Å². The van der Waals surface area contributed by atoms with Crippen LogP contribution < -0.4 is 29.6 Å². The Bertz CT molecular complexity index is 117. The van der Waals surface area contributed by atoms with Crippen molar-refractivity contribution in [1.29, 1.82) is 0 Å². The van der Waals surface area contributed by atoms with E-state index in [0.29, 0.717) is 18.6 Å². The Kier molecular flexibility index (Phi) is 7.58. The zero-order valence-corrected chi connectivity index (χ0v) is 7.96. The largest absolute Gasteiger partial charge is 1.00 e. The molecule has 0 saturated carbocycles. The number of ether oxygens (including phenoxy) is 1. The minimum Gasteiger partial charge on any atom is -0.870 e. The van der Waals surface area contributed by atoms with Crippen molar-refractivity contribution >= 4 is 5.97 Å². The van der Waals surface area contributed by atoms with Gasteiger partial charge in [0.2, 0.25) is 0 Å². The third-order valence-electron chi connectivity index (χ3n) is 1.09. The minimum absolute atomic E-state index is 0. The van der Waals surface area contributed by atoms with Gasteiger partial charge in [0, 0.05) is 0 Å². The van der Waals surface area contributed by atoms with E-state index in [2.05, 4.69) is 4.74 Å². The molecule has 3 nitrogen and oxygen atoms in total. The summed E-state index contributed by atoms with van der Waals surface area (Å²) in [5, 5.41) is 0. The van der Waals surface area contributed by atoms with Crippen LogP contribution in [0.15, 0.2) is 5.57 Å². The molecule has 0 aromatic carbocycles. The van der Waals surface area contributed by atoms with Gasteiger partial charge in [0.1, 0.15) is 0 Å². The van der Waals surface area contributed by atoms with Crippen LogP contribution in [-0.4, -0.2) is 18.1 Å². The van der Waals surface area contributed by atoms with Crippen LogP contribution in [0.1, 0.15) is 12.8 Å². The molecule has 1 fully saturated rings. The number of esters is 1. The maximum atomic E-state index is 10.4. The van der Waals surface area contributed by atoms with Crippen molar-refractivity contribution in [3.05, 3.63) is 12.2 Å². The quantitative estimate of drug-likeness (QED) is 0.166. The van der Waals surface area contributed by atoms with Gasteiger partial charge < -0.3 is 15.0 Å². The number of carbonyl (C=O) groups is 1. The molecule has 10 heavy (non-hydrogen) atoms. The van der Waals surface area contributed by atoms with Crippen LogP contribution in [0.25, 0.3) is 0 Å². The second kappa shape index (κ2) is 5.92. The first-order valence-electron chi connectivity index (χ1n) is 2.59. The predicted octanol–water partition coefficient (Wildman–Crippen LogP) is -2.49. The third-order valence-corrected chi connectivity index (χ3v) is 1.09. The standard InChI is InChI=1S/C6H7O2.Na.H2O/c1-5-3-2-4-8-6(5)7;;/h1H,2-4H2;;1H2/q-1;+1;/p-1. The maximum Gasteiger partial charge on any atom is 1.00 e. The fourth-order valence-corrected chi connectivity index (χ4v) is 0.622. The first-order chi connectivity index (χ1) is 3.80. The van der Waals surface area contributed by atoms with Crippen molar-refractivity contribution in [3.63, 3.8) is 0 Å². The summed E-state index contributed by atoms with van der Waals surface area (Å²) >= 11 is 0. The molecule has 0 unspecified atom stereocenters. The fourth-order valence-electron chi connectivity index (χ4n) is 0.622. The molecule has 1 rings (SSSR count). The van der Waals surface area contributed by atoms with E-state index in [1.54, 1.807) is 0 Å². The molecule has 0 atom stereocenters. The molecule has 0 spiro atoms. The van der Waals surface area contributed by atoms with Gasteiger partial charge in [-0.3, -0.25) is 6.58 Å². The van der Waals surface area contributed by atoms with Gasteiger partial charge in [0.05, 0.1) is 6.61 Å². The SMILES string of the molecule is [CH-]=C1CCCOC1=O.[Na+].[OH-]. The Labute approximate surface area is 82.0 Å². The fraction of sp³-hybridized carbons (Fsp3) is 0.500. The van der Waals surface area contributed by atoms with Crippen molar-refractivity contribution < 1.29 is 44.6 Å². The Balaban J connectivity index is 0. The Morgan fingerprint density at radius 1 is 1.50 bits per heavy atom. The molecule has 0 bridgehead atoms. The molecule has 1 aliphatic rings. The molecule has 0 aromatic heterocycles. The smallest absolute Gasteiger partial charge is 0.870 e. The van der Waals surface area contributed by atoms with Crippen LogP contribution in [0, 0.1) is 6.58 Å². The molecule has 0 aliphatic carbocycles. The van der Waals surface area contributed by atoms with E-state index in [1.165, 1.54) is 0 Å². The second-order valence-corrected chi connectivity index (χ2v) is 1.76. The summed E-state index contributed by atoms with van der Waals surface area (Å²) in [7, 11) is 0. The van der Waals surface area contributed by atoms with E-state index in [-0.39, 0.29) is 41.0 Å². The van der Waals surface area contributed by atoms with Crippen LogP contribution in [0.3, 0.4) is 0 Å². The molecule has 1 saturated heterocycles. The van der Waals surface area contributed by atoms with E-state index in [1.807, 2.05) is 0 Å². The van der Waals surface area contributed by atoms with Gasteiger partial charge in [-0.2, -0.15) is 0 Å². The average molecular weight is 151 g/mol. The normalized spacial score (nSPS) is 16.4. The van der Waals surface area contributed by atoms with Crippen LogP contribution in [0.2, 0.25) is 0 Å². The Hall–Kier alpha value is 0.170. The molecule has 52 valence electrons. The summed E-state index contributed by atoms with van der Waals surface area (Å²) in [6.07, 6.45) is 1.57. The third kappa shape index (κ3) is 3.37. The van der Waals surface area contributed by atoms with E-state index in [0.717, 1.165) is 6.42 Å². The van der Waals surface area contributed by atoms with Crippen molar-refractivity contribution in [2.45, 2.75) is 12.8 Å². The summed E-state index contributed by atoms with van der Waals surface area (Å²) in [6.45, 7) is 5.75. The molecule has 0 aromatic rings. The molecule has 0 amide bonds. The van der Waals surface area contributed by atoms with Crippen LogP contribution in [0.5, 0.6) is 0 Å². The monoisotopic (exact) mass is 151 g/mol. The van der Waals surface area contributed by atoms with Gasteiger partial charge in [0.15, 0.2) is 5.97 Å². The zero-order chi connectivity index (χ0) is 5.98. The van der Waals surface area contributed by atoms with Gasteiger partial charge in [-0.05, 0) is 6.42 Å². The van der Waals surface area contributed by atoms with Gasteiger partial charge in [-0.15, -0.1) is 5.57 Å². The van der Waals surface area contributed by atoms with E-state index in [9.17, 15) is 4.79 Å². The molecule has 0 radical (unpaired) electrons. The number of hydrogen-bond donors (Lipinski definition) is 0. The van der Waals surface area contributed by atoms with E-state index >= 15 is 0 Å². The van der Waals surface area contributed by atoms with Gasteiger partial charge in [0.25, 0.3) is 0 Å². The second-order valence-electron chi connectivity index (χ2n) is 1.76. The molecular formula is C6H8NaO3-. The van der Waals surface area contributed by atoms with E-state index < -0.39 is 0 Å². The first-order valence-corrected chi connectivity index (χ1v) is 2.59. The van der Waals surface area contributed by atoms with Gasteiger partial charge in [-0.1, -0.05) is 6.42 Å². The topological polar surface area (TPSA) is 56.3 Å². The molecule has 1 N–H and O–H groups in total. The maximum absolute atomic E-state index is 10.4. The first kappa shape index (κ1) is 12.8. The van der Waals surface area contributed by atoms with Crippen LogP contribution >= 0.6 is 0 Å². The molecule has 4 heteroatoms. The summed E-state index contributed by atoms with van der Waals surface area (Å²) in [4.78, 5) is 10.4. The summed E-state index contributed by atoms with van der Waals surface area (Å²) in [5.41, 5.74) is 0.358. The van der Waals surface area contributed by atoms with Crippen LogP contribution in [0.4, 0.5) is 0 Å². The summed E-state index contributed by atoms with van der Waals surface area (Å²) in [6, 6.07) is 0. The van der Waals surface area contributed by atoms with E-state index in [4.69, 9.17) is 6.58 Å². The molecule has 1 aliphatic heterocycles. The van der Waals surface area contributed by atoms with Gasteiger partial charge >= 0.3 is 29.6 Å². The number of rotatable bonds is 0. The number of cyclic esters (lactones) is 1. The minimum atomic E-state index is -0.337. The number of hydrogen-bond acceptors (Lipinski definition) is 3.